The minimum Gasteiger partial charge on any atom is -0.497 e. The maximum Gasteiger partial charge on any atom is 0.343 e. The Bertz CT molecular complexity index is 1680. The smallest absolute Gasteiger partial charge is 0.343 e. The van der Waals surface area contributed by atoms with Crippen LogP contribution in [-0.4, -0.2) is 31.8 Å². The molecule has 1 N–H and O–H groups in total. The molecule has 8 nitrogen and oxygen atoms in total. The molecule has 42 heavy (non-hydrogen) atoms. The van der Waals surface area contributed by atoms with Gasteiger partial charge in [0.25, 0.3) is 5.91 Å². The van der Waals surface area contributed by atoms with Crippen molar-refractivity contribution in [3.05, 3.63) is 132 Å². The van der Waals surface area contributed by atoms with Gasteiger partial charge in [0.05, 0.1) is 18.9 Å². The normalized spacial score (nSPS) is 10.8. The van der Waals surface area contributed by atoms with Crippen LogP contribution in [0, 0.1) is 0 Å². The Kier molecular flexibility index (Phi) is 9.06. The Morgan fingerprint density at radius 3 is 2.14 bits per heavy atom. The number of benzene rings is 5. The van der Waals surface area contributed by atoms with Gasteiger partial charge in [-0.1, -0.05) is 60.7 Å². The average molecular weight is 561 g/mol. The van der Waals surface area contributed by atoms with E-state index in [0.717, 1.165) is 16.3 Å². The van der Waals surface area contributed by atoms with Crippen molar-refractivity contribution in [1.29, 1.82) is 0 Å². The predicted molar refractivity (Wildman–Crippen MR) is 160 cm³/mol. The van der Waals surface area contributed by atoms with Crippen molar-refractivity contribution >= 4 is 28.9 Å². The molecule has 210 valence electrons. The van der Waals surface area contributed by atoms with Crippen LogP contribution in [0.15, 0.2) is 120 Å². The molecule has 0 spiro atoms. The Hall–Kier alpha value is -5.63. The number of hydrogen-bond donors (Lipinski definition) is 1. The molecule has 1 amide bonds. The van der Waals surface area contributed by atoms with Gasteiger partial charge in [-0.3, -0.25) is 4.79 Å². The van der Waals surface area contributed by atoms with E-state index >= 15 is 0 Å². The standard InChI is InChI=1S/C34H28N2O6/c1-39-27-14-11-26(12-15-27)34(38)42-32-20-13-25-9-5-6-10-30(25)31(32)21-35-36-33(37)23-41-29-18-16-28(17-19-29)40-22-24-7-3-2-4-8-24/h2-21H,22-23H2,1H3,(H,36,37). The number of hydrogen-bond acceptors (Lipinski definition) is 7. The van der Waals surface area contributed by atoms with E-state index in [0.29, 0.717) is 40.7 Å². The first-order chi connectivity index (χ1) is 20.6. The lowest BCUT2D eigenvalue weighted by Gasteiger charge is -2.11. The van der Waals surface area contributed by atoms with E-state index in [-0.39, 0.29) is 6.61 Å². The second-order valence-electron chi connectivity index (χ2n) is 9.14. The highest BCUT2D eigenvalue weighted by Crippen LogP contribution is 2.28. The van der Waals surface area contributed by atoms with Crippen LogP contribution in [0.25, 0.3) is 10.8 Å². The van der Waals surface area contributed by atoms with Gasteiger partial charge in [-0.25, -0.2) is 10.2 Å². The van der Waals surface area contributed by atoms with Gasteiger partial charge in [-0.15, -0.1) is 0 Å². The number of amides is 1. The Morgan fingerprint density at radius 2 is 1.40 bits per heavy atom. The monoisotopic (exact) mass is 560 g/mol. The Labute approximate surface area is 243 Å². The van der Waals surface area contributed by atoms with Crippen LogP contribution < -0.4 is 24.4 Å². The zero-order valence-electron chi connectivity index (χ0n) is 22.9. The lowest BCUT2D eigenvalue weighted by Crippen LogP contribution is -2.24. The zero-order chi connectivity index (χ0) is 29.1. The number of ether oxygens (including phenoxy) is 4. The molecule has 5 aromatic carbocycles. The van der Waals surface area contributed by atoms with Gasteiger partial charge in [-0.2, -0.15) is 5.10 Å². The van der Waals surface area contributed by atoms with Gasteiger partial charge in [0.2, 0.25) is 0 Å². The van der Waals surface area contributed by atoms with Crippen LogP contribution in [0.3, 0.4) is 0 Å². The summed E-state index contributed by atoms with van der Waals surface area (Å²) in [7, 11) is 1.56. The molecule has 0 aliphatic carbocycles. The Morgan fingerprint density at radius 1 is 0.738 bits per heavy atom. The second kappa shape index (κ2) is 13.6. The summed E-state index contributed by atoms with van der Waals surface area (Å²) < 4.78 is 22.2. The van der Waals surface area contributed by atoms with Gasteiger partial charge in [0.1, 0.15) is 29.6 Å². The SMILES string of the molecule is COc1ccc(C(=O)Oc2ccc3ccccc3c2C=NNC(=O)COc2ccc(OCc3ccccc3)cc2)cc1. The number of hydrazone groups is 1. The number of esters is 1. The van der Waals surface area contributed by atoms with Crippen LogP contribution >= 0.6 is 0 Å². The number of rotatable bonds is 11. The van der Waals surface area contributed by atoms with Crippen molar-refractivity contribution in [2.45, 2.75) is 6.61 Å². The summed E-state index contributed by atoms with van der Waals surface area (Å²) in [6.45, 7) is 0.219. The van der Waals surface area contributed by atoms with Crippen molar-refractivity contribution in [2.24, 2.45) is 5.10 Å². The first kappa shape index (κ1) is 27.9. The number of nitrogens with zero attached hydrogens (tertiary/aromatic N) is 1. The number of methoxy groups -OCH3 is 1. The summed E-state index contributed by atoms with van der Waals surface area (Å²) in [6.07, 6.45) is 1.45. The molecule has 0 saturated heterocycles. The highest BCUT2D eigenvalue weighted by molar-refractivity contribution is 6.04. The van der Waals surface area contributed by atoms with Gasteiger partial charge in [-0.05, 0) is 70.9 Å². The fraction of sp³-hybridized carbons (Fsp3) is 0.0882. The molecule has 5 rings (SSSR count). The molecule has 0 aromatic heterocycles. The van der Waals surface area contributed by atoms with Crippen LogP contribution in [-0.2, 0) is 11.4 Å². The topological polar surface area (TPSA) is 95.5 Å². The highest BCUT2D eigenvalue weighted by atomic mass is 16.5. The third-order valence-corrected chi connectivity index (χ3v) is 6.28. The van der Waals surface area contributed by atoms with Crippen LogP contribution in [0.5, 0.6) is 23.0 Å². The molecule has 0 unspecified atom stereocenters. The summed E-state index contributed by atoms with van der Waals surface area (Å²) >= 11 is 0. The number of carbonyl (C=O) groups excluding carboxylic acids is 2. The van der Waals surface area contributed by atoms with Gasteiger partial charge in [0, 0.05) is 5.56 Å². The number of fused-ring (bicyclic) bond motifs is 1. The van der Waals surface area contributed by atoms with Gasteiger partial charge < -0.3 is 18.9 Å². The quantitative estimate of drug-likeness (QED) is 0.0898. The van der Waals surface area contributed by atoms with Crippen molar-refractivity contribution < 1.29 is 28.5 Å². The van der Waals surface area contributed by atoms with E-state index in [1.54, 1.807) is 61.7 Å². The van der Waals surface area contributed by atoms with E-state index in [1.807, 2.05) is 60.7 Å². The second-order valence-corrected chi connectivity index (χ2v) is 9.14. The highest BCUT2D eigenvalue weighted by Gasteiger charge is 2.14. The zero-order valence-corrected chi connectivity index (χ0v) is 22.9. The summed E-state index contributed by atoms with van der Waals surface area (Å²) in [5.74, 6) is 1.17. The minimum absolute atomic E-state index is 0.240. The van der Waals surface area contributed by atoms with Crippen molar-refractivity contribution in [2.75, 3.05) is 13.7 Å². The molecular weight excluding hydrogens is 532 g/mol. The molecule has 0 radical (unpaired) electrons. The lowest BCUT2D eigenvalue weighted by atomic mass is 10.0. The molecule has 0 aliphatic heterocycles. The first-order valence-corrected chi connectivity index (χ1v) is 13.2. The molecule has 8 heteroatoms. The molecule has 0 saturated carbocycles. The molecule has 0 bridgehead atoms. The van der Waals surface area contributed by atoms with Crippen LogP contribution in [0.4, 0.5) is 0 Å². The first-order valence-electron chi connectivity index (χ1n) is 13.2. The number of carbonyl (C=O) groups is 2. The van der Waals surface area contributed by atoms with E-state index < -0.39 is 11.9 Å². The van der Waals surface area contributed by atoms with E-state index in [1.165, 1.54) is 6.21 Å². The maximum absolute atomic E-state index is 12.8. The van der Waals surface area contributed by atoms with Crippen molar-refractivity contribution in [1.82, 2.24) is 5.43 Å². The summed E-state index contributed by atoms with van der Waals surface area (Å²) in [5, 5.41) is 5.83. The van der Waals surface area contributed by atoms with Gasteiger partial charge in [0.15, 0.2) is 6.61 Å². The summed E-state index contributed by atoms with van der Waals surface area (Å²) in [6, 6.07) is 34.7. The van der Waals surface area contributed by atoms with E-state index in [4.69, 9.17) is 18.9 Å². The average Bonchev–Trinajstić information content (AvgIpc) is 3.04. The molecule has 0 heterocycles. The van der Waals surface area contributed by atoms with E-state index in [2.05, 4.69) is 10.5 Å². The minimum atomic E-state index is -0.531. The molecular formula is C34H28N2O6. The summed E-state index contributed by atoms with van der Waals surface area (Å²) in [4.78, 5) is 25.3. The third kappa shape index (κ3) is 7.31. The van der Waals surface area contributed by atoms with Crippen molar-refractivity contribution in [3.8, 4) is 23.0 Å². The van der Waals surface area contributed by atoms with Crippen LogP contribution in [0.2, 0.25) is 0 Å². The van der Waals surface area contributed by atoms with Crippen molar-refractivity contribution in [3.63, 3.8) is 0 Å². The Balaban J connectivity index is 1.19. The molecule has 0 atom stereocenters. The third-order valence-electron chi connectivity index (χ3n) is 6.28. The maximum atomic E-state index is 12.8. The fourth-order valence-electron chi connectivity index (χ4n) is 4.11. The summed E-state index contributed by atoms with van der Waals surface area (Å²) in [5.41, 5.74) is 4.45. The molecule has 5 aromatic rings. The largest absolute Gasteiger partial charge is 0.497 e. The van der Waals surface area contributed by atoms with Gasteiger partial charge >= 0.3 is 5.97 Å². The number of nitrogens with one attached hydrogen (secondary N) is 1. The van der Waals surface area contributed by atoms with E-state index in [9.17, 15) is 9.59 Å². The predicted octanol–water partition coefficient (Wildman–Crippen LogP) is 6.18. The lowest BCUT2D eigenvalue weighted by molar-refractivity contribution is -0.123. The fourth-order valence-corrected chi connectivity index (χ4v) is 4.11. The van der Waals surface area contributed by atoms with Crippen LogP contribution in [0.1, 0.15) is 21.5 Å². The molecule has 0 fully saturated rings. The molecule has 0 aliphatic rings.